The van der Waals surface area contributed by atoms with Crippen LogP contribution in [0.5, 0.6) is 11.5 Å². The van der Waals surface area contributed by atoms with Gasteiger partial charge in [0.15, 0.2) is 11.5 Å². The standard InChI is InChI=1S/C17H18INO3/c1-10-5-6-13(7-11(10)2)19-17(20)12-8-14(18)16(22-4)15(9-12)21-3/h5-9H,1-4H3,(H,19,20). The molecule has 2 aromatic carbocycles. The predicted octanol–water partition coefficient (Wildman–Crippen LogP) is 4.18. The Morgan fingerprint density at radius 2 is 1.77 bits per heavy atom. The zero-order chi connectivity index (χ0) is 16.3. The lowest BCUT2D eigenvalue weighted by Crippen LogP contribution is -2.13. The molecule has 0 saturated carbocycles. The maximum Gasteiger partial charge on any atom is 0.255 e. The monoisotopic (exact) mass is 411 g/mol. The largest absolute Gasteiger partial charge is 0.493 e. The van der Waals surface area contributed by atoms with E-state index in [1.54, 1.807) is 26.4 Å². The Balaban J connectivity index is 2.29. The van der Waals surface area contributed by atoms with E-state index in [1.165, 1.54) is 5.56 Å². The third-order valence-electron chi connectivity index (χ3n) is 3.46. The van der Waals surface area contributed by atoms with Crippen molar-refractivity contribution in [2.24, 2.45) is 0 Å². The summed E-state index contributed by atoms with van der Waals surface area (Å²) >= 11 is 2.12. The molecule has 0 radical (unpaired) electrons. The summed E-state index contributed by atoms with van der Waals surface area (Å²) in [7, 11) is 3.13. The van der Waals surface area contributed by atoms with Crippen molar-refractivity contribution in [1.29, 1.82) is 0 Å². The second-order valence-electron chi connectivity index (χ2n) is 4.95. The summed E-state index contributed by atoms with van der Waals surface area (Å²) in [5.41, 5.74) is 3.64. The molecule has 0 unspecified atom stereocenters. The van der Waals surface area contributed by atoms with Crippen molar-refractivity contribution in [1.82, 2.24) is 0 Å². The Morgan fingerprint density at radius 3 is 2.36 bits per heavy atom. The van der Waals surface area contributed by atoms with E-state index in [2.05, 4.69) is 27.9 Å². The Morgan fingerprint density at radius 1 is 1.05 bits per heavy atom. The van der Waals surface area contributed by atoms with E-state index in [4.69, 9.17) is 9.47 Å². The predicted molar refractivity (Wildman–Crippen MR) is 96.1 cm³/mol. The van der Waals surface area contributed by atoms with Crippen LogP contribution in [0.15, 0.2) is 30.3 Å². The van der Waals surface area contributed by atoms with Crippen LogP contribution < -0.4 is 14.8 Å². The lowest BCUT2D eigenvalue weighted by Gasteiger charge is -2.12. The molecule has 0 aromatic heterocycles. The molecule has 0 fully saturated rings. The number of carbonyl (C=O) groups is 1. The Bertz CT molecular complexity index is 713. The van der Waals surface area contributed by atoms with Gasteiger partial charge in [-0.2, -0.15) is 0 Å². The fourth-order valence-corrected chi connectivity index (χ4v) is 2.89. The fourth-order valence-electron chi connectivity index (χ4n) is 2.07. The number of methoxy groups -OCH3 is 2. The van der Waals surface area contributed by atoms with E-state index >= 15 is 0 Å². The first-order valence-electron chi connectivity index (χ1n) is 6.76. The molecule has 116 valence electrons. The molecule has 2 aromatic rings. The van der Waals surface area contributed by atoms with Gasteiger partial charge in [0.25, 0.3) is 5.91 Å². The number of halogens is 1. The van der Waals surface area contributed by atoms with Crippen LogP contribution >= 0.6 is 22.6 Å². The topological polar surface area (TPSA) is 47.6 Å². The number of hydrogen-bond acceptors (Lipinski definition) is 3. The first-order chi connectivity index (χ1) is 10.5. The third kappa shape index (κ3) is 3.52. The van der Waals surface area contributed by atoms with Crippen LogP contribution in [0.25, 0.3) is 0 Å². The van der Waals surface area contributed by atoms with Crippen LogP contribution in [-0.4, -0.2) is 20.1 Å². The summed E-state index contributed by atoms with van der Waals surface area (Å²) in [5.74, 6) is 0.993. The molecule has 1 N–H and O–H groups in total. The summed E-state index contributed by atoms with van der Waals surface area (Å²) in [6, 6.07) is 9.30. The highest BCUT2D eigenvalue weighted by atomic mass is 127. The van der Waals surface area contributed by atoms with Crippen molar-refractivity contribution in [3.63, 3.8) is 0 Å². The number of aryl methyl sites for hydroxylation is 2. The number of rotatable bonds is 4. The summed E-state index contributed by atoms with van der Waals surface area (Å²) in [6.45, 7) is 4.06. The highest BCUT2D eigenvalue weighted by Crippen LogP contribution is 2.33. The maximum absolute atomic E-state index is 12.4. The van der Waals surface area contributed by atoms with Gasteiger partial charge in [-0.1, -0.05) is 6.07 Å². The average Bonchev–Trinajstić information content (AvgIpc) is 2.50. The minimum Gasteiger partial charge on any atom is -0.493 e. The molecular formula is C17H18INO3. The molecule has 0 spiro atoms. The molecular weight excluding hydrogens is 393 g/mol. The number of hydrogen-bond donors (Lipinski definition) is 1. The number of benzene rings is 2. The Hall–Kier alpha value is -1.76. The summed E-state index contributed by atoms with van der Waals surface area (Å²) in [5, 5.41) is 2.90. The SMILES string of the molecule is COc1cc(C(=O)Nc2ccc(C)c(C)c2)cc(I)c1OC. The van der Waals surface area contributed by atoms with Gasteiger partial charge in [0.2, 0.25) is 0 Å². The number of nitrogens with one attached hydrogen (secondary N) is 1. The van der Waals surface area contributed by atoms with Gasteiger partial charge < -0.3 is 14.8 Å². The zero-order valence-electron chi connectivity index (χ0n) is 13.0. The van der Waals surface area contributed by atoms with Crippen molar-refractivity contribution in [2.75, 3.05) is 19.5 Å². The summed E-state index contributed by atoms with van der Waals surface area (Å²) in [6.07, 6.45) is 0. The third-order valence-corrected chi connectivity index (χ3v) is 4.26. The van der Waals surface area contributed by atoms with Crippen LogP contribution in [0.1, 0.15) is 21.5 Å². The van der Waals surface area contributed by atoms with Gasteiger partial charge in [0, 0.05) is 11.3 Å². The summed E-state index contributed by atoms with van der Waals surface area (Å²) < 4.78 is 11.4. The lowest BCUT2D eigenvalue weighted by atomic mass is 10.1. The van der Waals surface area contributed by atoms with Crippen molar-refractivity contribution < 1.29 is 14.3 Å². The second-order valence-corrected chi connectivity index (χ2v) is 6.11. The normalized spacial score (nSPS) is 10.2. The summed E-state index contributed by atoms with van der Waals surface area (Å²) in [4.78, 5) is 12.4. The first-order valence-corrected chi connectivity index (χ1v) is 7.84. The number of amides is 1. The lowest BCUT2D eigenvalue weighted by molar-refractivity contribution is 0.102. The van der Waals surface area contributed by atoms with Gasteiger partial charge >= 0.3 is 0 Å². The second kappa shape index (κ2) is 7.00. The Labute approximate surface area is 144 Å². The molecule has 0 atom stereocenters. The van der Waals surface area contributed by atoms with Crippen LogP contribution in [-0.2, 0) is 0 Å². The van der Waals surface area contributed by atoms with E-state index in [0.717, 1.165) is 14.8 Å². The molecule has 0 aliphatic rings. The van der Waals surface area contributed by atoms with E-state index < -0.39 is 0 Å². The molecule has 0 heterocycles. The van der Waals surface area contributed by atoms with E-state index in [0.29, 0.717) is 17.1 Å². The quantitative estimate of drug-likeness (QED) is 0.769. The first kappa shape index (κ1) is 16.6. The Kier molecular flexibility index (Phi) is 5.28. The molecule has 5 heteroatoms. The number of ether oxygens (including phenoxy) is 2. The van der Waals surface area contributed by atoms with E-state index in [1.807, 2.05) is 32.0 Å². The average molecular weight is 411 g/mol. The van der Waals surface area contributed by atoms with Crippen LogP contribution in [0.3, 0.4) is 0 Å². The molecule has 0 bridgehead atoms. The van der Waals surface area contributed by atoms with Gasteiger partial charge in [0.1, 0.15) is 0 Å². The zero-order valence-corrected chi connectivity index (χ0v) is 15.1. The van der Waals surface area contributed by atoms with Gasteiger partial charge in [-0.05, 0) is 71.8 Å². The van der Waals surface area contributed by atoms with Crippen LogP contribution in [0, 0.1) is 17.4 Å². The molecule has 0 aliphatic heterocycles. The van der Waals surface area contributed by atoms with Crippen molar-refractivity contribution in [3.05, 3.63) is 50.6 Å². The van der Waals surface area contributed by atoms with Crippen molar-refractivity contribution >= 4 is 34.2 Å². The highest BCUT2D eigenvalue weighted by molar-refractivity contribution is 14.1. The minimum atomic E-state index is -0.179. The molecule has 2 rings (SSSR count). The van der Waals surface area contributed by atoms with Gasteiger partial charge in [-0.25, -0.2) is 0 Å². The number of carbonyl (C=O) groups excluding carboxylic acids is 1. The fraction of sp³-hybridized carbons (Fsp3) is 0.235. The minimum absolute atomic E-state index is 0.179. The van der Waals surface area contributed by atoms with Crippen LogP contribution in [0.2, 0.25) is 0 Å². The van der Waals surface area contributed by atoms with Gasteiger partial charge in [0.05, 0.1) is 17.8 Å². The van der Waals surface area contributed by atoms with Gasteiger partial charge in [-0.15, -0.1) is 0 Å². The van der Waals surface area contributed by atoms with Crippen LogP contribution in [0.4, 0.5) is 5.69 Å². The van der Waals surface area contributed by atoms with Gasteiger partial charge in [-0.3, -0.25) is 4.79 Å². The smallest absolute Gasteiger partial charge is 0.255 e. The molecule has 0 saturated heterocycles. The van der Waals surface area contributed by atoms with E-state index in [9.17, 15) is 4.79 Å². The molecule has 4 nitrogen and oxygen atoms in total. The maximum atomic E-state index is 12.4. The molecule has 22 heavy (non-hydrogen) atoms. The highest BCUT2D eigenvalue weighted by Gasteiger charge is 2.15. The van der Waals surface area contributed by atoms with Crippen molar-refractivity contribution in [2.45, 2.75) is 13.8 Å². The molecule has 1 amide bonds. The van der Waals surface area contributed by atoms with E-state index in [-0.39, 0.29) is 5.91 Å². The van der Waals surface area contributed by atoms with Crippen molar-refractivity contribution in [3.8, 4) is 11.5 Å². The molecule has 0 aliphatic carbocycles. The number of anilines is 1.